The Bertz CT molecular complexity index is 4150. The highest BCUT2D eigenvalue weighted by atomic mass is 32.1. The lowest BCUT2D eigenvalue weighted by Crippen LogP contribution is -2.10. The van der Waals surface area contributed by atoms with Crippen molar-refractivity contribution in [3.63, 3.8) is 0 Å². The molecule has 0 radical (unpaired) electrons. The summed E-state index contributed by atoms with van der Waals surface area (Å²) in [5, 5.41) is 18.4. The number of anilines is 3. The molecule has 0 amide bonds. The lowest BCUT2D eigenvalue weighted by atomic mass is 9.94. The summed E-state index contributed by atoms with van der Waals surface area (Å²) in [6.45, 7) is 0. The van der Waals surface area contributed by atoms with Crippen molar-refractivity contribution in [1.82, 2.24) is 0 Å². The molecule has 4 heteroatoms. The van der Waals surface area contributed by atoms with Gasteiger partial charge in [0.1, 0.15) is 0 Å². The normalized spacial score (nSPS) is 12.2. The van der Waals surface area contributed by atoms with Crippen LogP contribution in [0.1, 0.15) is 0 Å². The second-order valence-electron chi connectivity index (χ2n) is 16.3. The van der Waals surface area contributed by atoms with Crippen molar-refractivity contribution in [3.05, 3.63) is 200 Å². The van der Waals surface area contributed by atoms with Crippen molar-refractivity contribution in [3.8, 4) is 11.1 Å². The van der Waals surface area contributed by atoms with Crippen LogP contribution in [0.15, 0.2) is 200 Å². The Balaban J connectivity index is 0.980. The first-order valence-electron chi connectivity index (χ1n) is 21.1. The Morgan fingerprint density at radius 2 is 0.806 bits per heavy atom. The first-order chi connectivity index (χ1) is 30.7. The fourth-order valence-corrected chi connectivity index (χ4v) is 13.7. The SMILES string of the molecule is c1cc(-c2ccc3c(c2)sc2ccc4ccc5sc6ccccc6c5c4c23)cc(N(c2ccc3c4ccccc4c4ccccc4c3c2)c2cccc3c2sc2ccccc23)c1. The van der Waals surface area contributed by atoms with E-state index in [1.54, 1.807) is 0 Å². The molecular weight excluding hydrogens is 807 g/mol. The van der Waals surface area contributed by atoms with E-state index in [-0.39, 0.29) is 0 Å². The maximum absolute atomic E-state index is 2.49. The number of fused-ring (bicyclic) bond motifs is 18. The number of thiophene rings is 3. The Morgan fingerprint density at radius 3 is 1.55 bits per heavy atom. The van der Waals surface area contributed by atoms with Gasteiger partial charge in [-0.25, -0.2) is 0 Å². The summed E-state index contributed by atoms with van der Waals surface area (Å²) in [7, 11) is 0. The van der Waals surface area contributed by atoms with E-state index in [1.165, 1.54) is 120 Å². The summed E-state index contributed by atoms with van der Waals surface area (Å²) in [5.74, 6) is 0. The van der Waals surface area contributed by atoms with Crippen molar-refractivity contribution >= 4 is 155 Å². The van der Waals surface area contributed by atoms with Gasteiger partial charge in [-0.3, -0.25) is 0 Å². The minimum Gasteiger partial charge on any atom is -0.309 e. The molecule has 14 rings (SSSR count). The third-order valence-corrected chi connectivity index (χ3v) is 16.5. The fourth-order valence-electron chi connectivity index (χ4n) is 10.3. The van der Waals surface area contributed by atoms with Crippen LogP contribution in [0, 0.1) is 0 Å². The van der Waals surface area contributed by atoms with Crippen LogP contribution >= 0.6 is 34.0 Å². The summed E-state index contributed by atoms with van der Waals surface area (Å²) in [4.78, 5) is 2.49. The minimum atomic E-state index is 1.13. The summed E-state index contributed by atoms with van der Waals surface area (Å²) < 4.78 is 7.93. The van der Waals surface area contributed by atoms with Gasteiger partial charge in [-0.05, 0) is 109 Å². The maximum Gasteiger partial charge on any atom is 0.0640 e. The highest BCUT2D eigenvalue weighted by Crippen LogP contribution is 2.49. The van der Waals surface area contributed by atoms with E-state index in [0.717, 1.165) is 11.4 Å². The molecule has 0 saturated heterocycles. The van der Waals surface area contributed by atoms with Crippen molar-refractivity contribution in [2.24, 2.45) is 0 Å². The zero-order chi connectivity index (χ0) is 40.5. The Hall–Kier alpha value is -7.08. The van der Waals surface area contributed by atoms with E-state index in [4.69, 9.17) is 0 Å². The van der Waals surface area contributed by atoms with E-state index in [2.05, 4.69) is 205 Å². The van der Waals surface area contributed by atoms with Crippen LogP contribution in [-0.4, -0.2) is 0 Å². The van der Waals surface area contributed by atoms with Crippen molar-refractivity contribution in [2.45, 2.75) is 0 Å². The van der Waals surface area contributed by atoms with Gasteiger partial charge in [-0.2, -0.15) is 0 Å². The van der Waals surface area contributed by atoms with Gasteiger partial charge < -0.3 is 4.90 Å². The molecule has 3 aromatic heterocycles. The molecule has 0 bridgehead atoms. The molecule has 0 saturated carbocycles. The van der Waals surface area contributed by atoms with Gasteiger partial charge in [0.15, 0.2) is 0 Å². The average molecular weight is 840 g/mol. The van der Waals surface area contributed by atoms with E-state index >= 15 is 0 Å². The monoisotopic (exact) mass is 839 g/mol. The number of hydrogen-bond acceptors (Lipinski definition) is 4. The van der Waals surface area contributed by atoms with Crippen LogP contribution in [-0.2, 0) is 0 Å². The summed E-state index contributed by atoms with van der Waals surface area (Å²) >= 11 is 5.68. The van der Waals surface area contributed by atoms with E-state index < -0.39 is 0 Å². The van der Waals surface area contributed by atoms with E-state index in [1.807, 2.05) is 34.0 Å². The smallest absolute Gasteiger partial charge is 0.0640 e. The molecule has 11 aromatic carbocycles. The van der Waals surface area contributed by atoms with Gasteiger partial charge in [0.05, 0.1) is 10.4 Å². The minimum absolute atomic E-state index is 1.13. The number of hydrogen-bond donors (Lipinski definition) is 0. The quantitative estimate of drug-likeness (QED) is 0.160. The van der Waals surface area contributed by atoms with Crippen LogP contribution in [0.5, 0.6) is 0 Å². The first-order valence-corrected chi connectivity index (χ1v) is 23.5. The molecule has 0 unspecified atom stereocenters. The second-order valence-corrected chi connectivity index (χ2v) is 19.6. The molecular formula is C58H33NS3. The van der Waals surface area contributed by atoms with Crippen molar-refractivity contribution in [1.29, 1.82) is 0 Å². The highest BCUT2D eigenvalue weighted by Gasteiger charge is 2.21. The maximum atomic E-state index is 2.49. The second kappa shape index (κ2) is 13.2. The molecule has 1 nitrogen and oxygen atoms in total. The molecule has 0 atom stereocenters. The van der Waals surface area contributed by atoms with Gasteiger partial charge in [-0.15, -0.1) is 34.0 Å². The molecule has 0 N–H and O–H groups in total. The third kappa shape index (κ3) is 5.00. The molecule has 3 heterocycles. The molecule has 62 heavy (non-hydrogen) atoms. The van der Waals surface area contributed by atoms with Gasteiger partial charge in [0.25, 0.3) is 0 Å². The van der Waals surface area contributed by atoms with E-state index in [9.17, 15) is 0 Å². The predicted molar refractivity (Wildman–Crippen MR) is 275 cm³/mol. The molecule has 0 aliphatic carbocycles. The van der Waals surface area contributed by atoms with Crippen LogP contribution in [0.25, 0.3) is 115 Å². The average Bonchev–Trinajstić information content (AvgIpc) is 4.03. The van der Waals surface area contributed by atoms with Crippen LogP contribution in [0.4, 0.5) is 17.1 Å². The largest absolute Gasteiger partial charge is 0.309 e. The molecule has 0 fully saturated rings. The summed E-state index contributed by atoms with van der Waals surface area (Å²) in [6.07, 6.45) is 0. The Labute approximate surface area is 368 Å². The van der Waals surface area contributed by atoms with Gasteiger partial charge in [0, 0.05) is 72.6 Å². The van der Waals surface area contributed by atoms with Crippen molar-refractivity contribution < 1.29 is 0 Å². The predicted octanol–water partition coefficient (Wildman–Crippen LogP) is 18.5. The van der Waals surface area contributed by atoms with E-state index in [0.29, 0.717) is 0 Å². The number of nitrogens with zero attached hydrogens (tertiary/aromatic N) is 1. The highest BCUT2D eigenvalue weighted by molar-refractivity contribution is 7.27. The molecule has 14 aromatic rings. The molecule has 0 aliphatic rings. The third-order valence-electron chi connectivity index (χ3n) is 13.0. The molecule has 0 aliphatic heterocycles. The van der Waals surface area contributed by atoms with Gasteiger partial charge in [0.2, 0.25) is 0 Å². The van der Waals surface area contributed by atoms with Crippen LogP contribution < -0.4 is 4.90 Å². The van der Waals surface area contributed by atoms with Gasteiger partial charge in [-0.1, -0.05) is 140 Å². The fraction of sp³-hybridized carbons (Fsp3) is 0. The number of benzene rings is 11. The van der Waals surface area contributed by atoms with Gasteiger partial charge >= 0.3 is 0 Å². The zero-order valence-corrected chi connectivity index (χ0v) is 35.7. The van der Waals surface area contributed by atoms with Crippen molar-refractivity contribution in [2.75, 3.05) is 4.90 Å². The Morgan fingerprint density at radius 1 is 0.274 bits per heavy atom. The lowest BCUT2D eigenvalue weighted by molar-refractivity contribution is 1.31. The van der Waals surface area contributed by atoms with Crippen LogP contribution in [0.2, 0.25) is 0 Å². The summed E-state index contributed by atoms with van der Waals surface area (Å²) in [6, 6.07) is 74.8. The summed E-state index contributed by atoms with van der Waals surface area (Å²) in [5.41, 5.74) is 5.87. The number of rotatable bonds is 4. The van der Waals surface area contributed by atoms with Crippen LogP contribution in [0.3, 0.4) is 0 Å². The molecule has 288 valence electrons. The Kier molecular flexibility index (Phi) is 7.37. The molecule has 0 spiro atoms. The lowest BCUT2D eigenvalue weighted by Gasteiger charge is -2.27. The first kappa shape index (κ1) is 34.6. The standard InChI is InChI=1S/C58H33NS3/c1-2-15-41-39(13-1)40-14-3-4-16-42(40)48-33-38(26-28-43(41)48)59(49-20-10-19-45-44-17-5-7-21-50(44)62-58(45)49)37-12-9-11-35(31-37)36-23-27-47-54(32-36)61-53-30-25-34-24-29-52-56(55(34)57(47)53)46-18-6-8-22-51(46)60-52/h1-33H. The topological polar surface area (TPSA) is 3.24 Å². The zero-order valence-electron chi connectivity index (χ0n) is 33.2.